The van der Waals surface area contributed by atoms with Crippen molar-refractivity contribution in [3.05, 3.63) is 34.8 Å². The van der Waals surface area contributed by atoms with Gasteiger partial charge in [0.25, 0.3) is 0 Å². The van der Waals surface area contributed by atoms with E-state index in [0.717, 1.165) is 30.5 Å². The predicted octanol–water partition coefficient (Wildman–Crippen LogP) is 5.19. The molecule has 0 unspecified atom stereocenters. The molecule has 2 aliphatic rings. The van der Waals surface area contributed by atoms with Crippen molar-refractivity contribution >= 4 is 6.09 Å². The maximum absolute atomic E-state index is 14.6. The Kier molecular flexibility index (Phi) is 6.53. The predicted molar refractivity (Wildman–Crippen MR) is 103 cm³/mol. The van der Waals surface area contributed by atoms with Crippen LogP contribution in [0.15, 0.2) is 34.8 Å². The average Bonchev–Trinajstić information content (AvgIpc) is 2.57. The lowest BCUT2D eigenvalue weighted by Gasteiger charge is -2.39. The fourth-order valence-corrected chi connectivity index (χ4v) is 3.39. The molecule has 146 valence electrons. The van der Waals surface area contributed by atoms with Gasteiger partial charge in [-0.15, -0.1) is 0 Å². The van der Waals surface area contributed by atoms with Crippen LogP contribution < -0.4 is 0 Å². The van der Waals surface area contributed by atoms with Gasteiger partial charge in [-0.05, 0) is 66.4 Å². The summed E-state index contributed by atoms with van der Waals surface area (Å²) in [6, 6.07) is 0.243. The minimum Gasteiger partial charge on any atom is -0.444 e. The van der Waals surface area contributed by atoms with Crippen molar-refractivity contribution in [1.82, 2.24) is 9.80 Å². The van der Waals surface area contributed by atoms with Crippen LogP contribution >= 0.6 is 0 Å². The Hall–Kier alpha value is -1.78. The molecule has 0 saturated carbocycles. The van der Waals surface area contributed by atoms with E-state index >= 15 is 0 Å². The van der Waals surface area contributed by atoms with Crippen molar-refractivity contribution in [2.45, 2.75) is 71.9 Å². The van der Waals surface area contributed by atoms with Gasteiger partial charge in [0, 0.05) is 31.9 Å². The standard InChI is InChI=1S/C21H33FN2O2/c1-15-7-9-18(22)19(10-8-16(15)2)23(6)17-11-13-24(14-12-17)20(25)26-21(3,4)5/h7,9,17H,8,10-14H2,1-6H3. The smallest absolute Gasteiger partial charge is 0.410 e. The Bertz CT molecular complexity index is 620. The molecule has 0 aromatic carbocycles. The quantitative estimate of drug-likeness (QED) is 0.676. The number of carbonyl (C=O) groups excluding carboxylic acids is 1. The highest BCUT2D eigenvalue weighted by molar-refractivity contribution is 5.68. The van der Waals surface area contributed by atoms with E-state index in [4.69, 9.17) is 4.74 Å². The lowest BCUT2D eigenvalue weighted by Crippen LogP contribution is -2.46. The van der Waals surface area contributed by atoms with Crippen molar-refractivity contribution in [2.24, 2.45) is 0 Å². The van der Waals surface area contributed by atoms with E-state index < -0.39 is 5.60 Å². The molecule has 0 aromatic rings. The van der Waals surface area contributed by atoms with Gasteiger partial charge in [-0.2, -0.15) is 0 Å². The zero-order chi connectivity index (χ0) is 19.5. The summed E-state index contributed by atoms with van der Waals surface area (Å²) in [6.07, 6.45) is 6.42. The molecule has 1 amide bonds. The largest absolute Gasteiger partial charge is 0.444 e. The highest BCUT2D eigenvalue weighted by Crippen LogP contribution is 2.29. The first-order valence-corrected chi connectivity index (χ1v) is 9.52. The number of allylic oxidation sites excluding steroid dienone is 6. The van der Waals surface area contributed by atoms with E-state index in [9.17, 15) is 9.18 Å². The van der Waals surface area contributed by atoms with Gasteiger partial charge in [0.2, 0.25) is 0 Å². The summed E-state index contributed by atoms with van der Waals surface area (Å²) < 4.78 is 20.1. The molecular formula is C21H33FN2O2. The molecular weight excluding hydrogens is 331 g/mol. The summed E-state index contributed by atoms with van der Waals surface area (Å²) in [4.78, 5) is 16.0. The molecule has 4 nitrogen and oxygen atoms in total. The lowest BCUT2D eigenvalue weighted by molar-refractivity contribution is 0.0168. The van der Waals surface area contributed by atoms with Gasteiger partial charge in [0.1, 0.15) is 11.4 Å². The third-order valence-corrected chi connectivity index (χ3v) is 5.25. The highest BCUT2D eigenvalue weighted by atomic mass is 19.1. The molecule has 0 spiro atoms. The molecule has 1 aliphatic carbocycles. The Morgan fingerprint density at radius 1 is 1.19 bits per heavy atom. The van der Waals surface area contributed by atoms with E-state index in [2.05, 4.69) is 11.8 Å². The SMILES string of the molecule is CC1=C(C)CCC(N(C)C2CCN(C(=O)OC(C)(C)C)CC2)=C(F)C=C1. The topological polar surface area (TPSA) is 32.8 Å². The minimum atomic E-state index is -0.479. The zero-order valence-corrected chi connectivity index (χ0v) is 17.1. The number of carbonyl (C=O) groups is 1. The summed E-state index contributed by atoms with van der Waals surface area (Å²) in [5, 5.41) is 0. The first kappa shape index (κ1) is 20.5. The molecule has 1 fully saturated rings. The van der Waals surface area contributed by atoms with Crippen LogP contribution in [0.2, 0.25) is 0 Å². The third kappa shape index (κ3) is 5.36. The van der Waals surface area contributed by atoms with Gasteiger partial charge in [-0.1, -0.05) is 17.2 Å². The highest BCUT2D eigenvalue weighted by Gasteiger charge is 2.29. The second-order valence-corrected chi connectivity index (χ2v) is 8.40. The fourth-order valence-electron chi connectivity index (χ4n) is 3.39. The Morgan fingerprint density at radius 3 is 2.38 bits per heavy atom. The number of rotatable bonds is 2. The van der Waals surface area contributed by atoms with Crippen LogP contribution in [0.1, 0.15) is 60.3 Å². The van der Waals surface area contributed by atoms with Crippen LogP contribution in [-0.2, 0) is 4.74 Å². The molecule has 2 rings (SSSR count). The van der Waals surface area contributed by atoms with E-state index in [1.807, 2.05) is 40.8 Å². The second-order valence-electron chi connectivity index (χ2n) is 8.40. The molecule has 0 aromatic heterocycles. The maximum atomic E-state index is 14.6. The normalized spacial score (nSPS) is 20.2. The third-order valence-electron chi connectivity index (χ3n) is 5.25. The van der Waals surface area contributed by atoms with Crippen LogP contribution in [0, 0.1) is 0 Å². The van der Waals surface area contributed by atoms with Crippen molar-refractivity contribution in [3.8, 4) is 0 Å². The van der Waals surface area contributed by atoms with Gasteiger partial charge in [-0.3, -0.25) is 0 Å². The molecule has 0 bridgehead atoms. The molecule has 26 heavy (non-hydrogen) atoms. The summed E-state index contributed by atoms with van der Waals surface area (Å²) in [7, 11) is 1.98. The van der Waals surface area contributed by atoms with Gasteiger partial charge in [0.05, 0.1) is 0 Å². The first-order valence-electron chi connectivity index (χ1n) is 9.52. The summed E-state index contributed by atoms with van der Waals surface area (Å²) in [5.41, 5.74) is 2.74. The fraction of sp³-hybridized carbons (Fsp3) is 0.667. The van der Waals surface area contributed by atoms with E-state index in [-0.39, 0.29) is 18.0 Å². The number of piperidine rings is 1. The van der Waals surface area contributed by atoms with Crippen molar-refractivity contribution in [1.29, 1.82) is 0 Å². The average molecular weight is 365 g/mol. The Morgan fingerprint density at radius 2 is 1.81 bits per heavy atom. The van der Waals surface area contributed by atoms with Gasteiger partial charge in [0.15, 0.2) is 0 Å². The molecule has 0 N–H and O–H groups in total. The zero-order valence-electron chi connectivity index (χ0n) is 17.1. The van der Waals surface area contributed by atoms with Crippen LogP contribution in [-0.4, -0.2) is 47.7 Å². The Labute approximate surface area is 157 Å². The first-order chi connectivity index (χ1) is 12.1. The van der Waals surface area contributed by atoms with Crippen LogP contribution in [0.5, 0.6) is 0 Å². The maximum Gasteiger partial charge on any atom is 0.410 e. The number of hydrogen-bond donors (Lipinski definition) is 0. The molecule has 0 atom stereocenters. The summed E-state index contributed by atoms with van der Waals surface area (Å²) >= 11 is 0. The van der Waals surface area contributed by atoms with E-state index in [1.54, 1.807) is 11.0 Å². The number of hydrogen-bond acceptors (Lipinski definition) is 3. The summed E-state index contributed by atoms with van der Waals surface area (Å²) in [6.45, 7) is 11.1. The van der Waals surface area contributed by atoms with Gasteiger partial charge in [-0.25, -0.2) is 9.18 Å². The number of ether oxygens (including phenoxy) is 1. The van der Waals surface area contributed by atoms with E-state index in [1.165, 1.54) is 5.57 Å². The number of likely N-dealkylation sites (tertiary alicyclic amines) is 1. The summed E-state index contributed by atoms with van der Waals surface area (Å²) in [5.74, 6) is -0.145. The number of nitrogens with zero attached hydrogens (tertiary/aromatic N) is 2. The van der Waals surface area contributed by atoms with Crippen molar-refractivity contribution < 1.29 is 13.9 Å². The second kappa shape index (κ2) is 8.28. The number of amides is 1. The van der Waals surface area contributed by atoms with Crippen LogP contribution in [0.3, 0.4) is 0 Å². The van der Waals surface area contributed by atoms with Crippen molar-refractivity contribution in [3.63, 3.8) is 0 Å². The molecule has 5 heteroatoms. The molecule has 1 saturated heterocycles. The minimum absolute atomic E-state index is 0.145. The Balaban J connectivity index is 1.99. The molecule has 1 aliphatic heterocycles. The lowest BCUT2D eigenvalue weighted by atomic mass is 9.98. The monoisotopic (exact) mass is 364 g/mol. The van der Waals surface area contributed by atoms with Crippen LogP contribution in [0.4, 0.5) is 9.18 Å². The number of halogens is 1. The van der Waals surface area contributed by atoms with Gasteiger partial charge < -0.3 is 14.5 Å². The van der Waals surface area contributed by atoms with Crippen LogP contribution in [0.25, 0.3) is 0 Å². The molecule has 0 radical (unpaired) electrons. The molecule has 1 heterocycles. The van der Waals surface area contributed by atoms with E-state index in [0.29, 0.717) is 19.5 Å². The van der Waals surface area contributed by atoms with Gasteiger partial charge >= 0.3 is 6.09 Å². The van der Waals surface area contributed by atoms with Crippen molar-refractivity contribution in [2.75, 3.05) is 20.1 Å².